The van der Waals surface area contributed by atoms with Gasteiger partial charge in [-0.15, -0.1) is 0 Å². The molecule has 1 aromatic carbocycles. The highest BCUT2D eigenvalue weighted by Gasteiger charge is 2.44. The van der Waals surface area contributed by atoms with Gasteiger partial charge in [-0.25, -0.2) is 0 Å². The smallest absolute Gasteiger partial charge is 0.225 e. The summed E-state index contributed by atoms with van der Waals surface area (Å²) in [5.74, 6) is 0.402. The molecule has 1 spiro atoms. The van der Waals surface area contributed by atoms with Crippen molar-refractivity contribution in [3.8, 4) is 0 Å². The van der Waals surface area contributed by atoms with E-state index < -0.39 is 0 Å². The number of hydrogen-bond donors (Lipinski definition) is 0. The number of benzene rings is 1. The van der Waals surface area contributed by atoms with E-state index in [1.165, 1.54) is 24.8 Å². The van der Waals surface area contributed by atoms with Crippen LogP contribution in [-0.4, -0.2) is 40.9 Å². The molecule has 0 aromatic heterocycles. The summed E-state index contributed by atoms with van der Waals surface area (Å²) < 4.78 is 0. The van der Waals surface area contributed by atoms with Gasteiger partial charge < -0.3 is 4.90 Å². The lowest BCUT2D eigenvalue weighted by Gasteiger charge is -2.46. The Morgan fingerprint density at radius 2 is 1.83 bits per heavy atom. The third-order valence-electron chi connectivity index (χ3n) is 5.39. The van der Waals surface area contributed by atoms with Gasteiger partial charge in [-0.05, 0) is 49.9 Å². The van der Waals surface area contributed by atoms with Gasteiger partial charge in [-0.1, -0.05) is 37.6 Å². The fraction of sp³-hybridized carbons (Fsp3) is 0.632. The zero-order valence-corrected chi connectivity index (χ0v) is 15.0. The summed E-state index contributed by atoms with van der Waals surface area (Å²) in [6.07, 6.45) is 4.78. The van der Waals surface area contributed by atoms with Crippen molar-refractivity contribution in [2.75, 3.05) is 19.6 Å². The standard InChI is InChI=1S/C19H27ClN2O/c1-15(2)18(23)21-11-3-9-19(14-21)10-4-12-22(19)13-16-5-7-17(20)8-6-16/h5-8,15H,3-4,9-14H2,1-2H3. The van der Waals surface area contributed by atoms with Crippen LogP contribution >= 0.6 is 11.6 Å². The van der Waals surface area contributed by atoms with Crippen molar-refractivity contribution in [1.29, 1.82) is 0 Å². The van der Waals surface area contributed by atoms with Gasteiger partial charge in [0.1, 0.15) is 0 Å². The van der Waals surface area contributed by atoms with Crippen molar-refractivity contribution in [1.82, 2.24) is 9.80 Å². The molecule has 2 saturated heterocycles. The minimum Gasteiger partial charge on any atom is -0.341 e. The molecule has 0 bridgehead atoms. The molecule has 0 saturated carbocycles. The molecule has 2 fully saturated rings. The van der Waals surface area contributed by atoms with E-state index >= 15 is 0 Å². The van der Waals surface area contributed by atoms with Gasteiger partial charge in [0.25, 0.3) is 0 Å². The van der Waals surface area contributed by atoms with Crippen molar-refractivity contribution >= 4 is 17.5 Å². The van der Waals surface area contributed by atoms with Crippen molar-refractivity contribution < 1.29 is 4.79 Å². The number of carbonyl (C=O) groups is 1. The number of likely N-dealkylation sites (tertiary alicyclic amines) is 2. The lowest BCUT2D eigenvalue weighted by molar-refractivity contribution is -0.138. The van der Waals surface area contributed by atoms with E-state index in [-0.39, 0.29) is 11.5 Å². The molecule has 0 radical (unpaired) electrons. The number of nitrogens with zero attached hydrogens (tertiary/aromatic N) is 2. The second kappa shape index (κ2) is 6.82. The maximum atomic E-state index is 12.4. The summed E-state index contributed by atoms with van der Waals surface area (Å²) in [4.78, 5) is 17.1. The lowest BCUT2D eigenvalue weighted by atomic mass is 9.85. The van der Waals surface area contributed by atoms with Crippen LogP contribution in [0.25, 0.3) is 0 Å². The lowest BCUT2D eigenvalue weighted by Crippen LogP contribution is -2.57. The first-order valence-electron chi connectivity index (χ1n) is 8.78. The molecule has 0 aliphatic carbocycles. The highest BCUT2D eigenvalue weighted by Crippen LogP contribution is 2.38. The summed E-state index contributed by atoms with van der Waals surface area (Å²) >= 11 is 6.00. The minimum absolute atomic E-state index is 0.0938. The molecule has 1 atom stereocenters. The number of hydrogen-bond acceptors (Lipinski definition) is 2. The van der Waals surface area contributed by atoms with Crippen LogP contribution in [0.15, 0.2) is 24.3 Å². The van der Waals surface area contributed by atoms with Crippen molar-refractivity contribution in [3.63, 3.8) is 0 Å². The van der Waals surface area contributed by atoms with E-state index in [1.807, 2.05) is 26.0 Å². The molecule has 0 N–H and O–H groups in total. The largest absolute Gasteiger partial charge is 0.341 e. The SMILES string of the molecule is CC(C)C(=O)N1CCCC2(CCCN2Cc2ccc(Cl)cc2)C1. The van der Waals surface area contributed by atoms with E-state index in [9.17, 15) is 4.79 Å². The first-order valence-corrected chi connectivity index (χ1v) is 9.16. The van der Waals surface area contributed by atoms with Gasteiger partial charge in [0, 0.05) is 36.1 Å². The molecule has 1 unspecified atom stereocenters. The maximum Gasteiger partial charge on any atom is 0.225 e. The molecular weight excluding hydrogens is 308 g/mol. The van der Waals surface area contributed by atoms with E-state index in [0.717, 1.165) is 37.6 Å². The summed E-state index contributed by atoms with van der Waals surface area (Å²) in [6.45, 7) is 7.92. The molecule has 3 nitrogen and oxygen atoms in total. The van der Waals surface area contributed by atoms with Gasteiger partial charge in [0.2, 0.25) is 5.91 Å². The molecule has 126 valence electrons. The Balaban J connectivity index is 1.74. The Hall–Kier alpha value is -1.06. The highest BCUT2D eigenvalue weighted by atomic mass is 35.5. The quantitative estimate of drug-likeness (QED) is 0.835. The Bertz CT molecular complexity index is 557. The van der Waals surface area contributed by atoms with Crippen LogP contribution in [-0.2, 0) is 11.3 Å². The second-order valence-electron chi connectivity index (χ2n) is 7.39. The van der Waals surface area contributed by atoms with Gasteiger partial charge in [0.05, 0.1) is 0 Å². The molecular formula is C19H27ClN2O. The van der Waals surface area contributed by atoms with E-state index in [1.54, 1.807) is 0 Å². The van der Waals surface area contributed by atoms with E-state index in [2.05, 4.69) is 21.9 Å². The van der Waals surface area contributed by atoms with E-state index in [4.69, 9.17) is 11.6 Å². The Morgan fingerprint density at radius 3 is 2.48 bits per heavy atom. The summed E-state index contributed by atoms with van der Waals surface area (Å²) in [5, 5.41) is 0.788. The molecule has 2 heterocycles. The summed E-state index contributed by atoms with van der Waals surface area (Å²) in [7, 11) is 0. The fourth-order valence-electron chi connectivity index (χ4n) is 4.18. The molecule has 1 aromatic rings. The van der Waals surface area contributed by atoms with Crippen LogP contribution in [0.3, 0.4) is 0 Å². The Labute approximate surface area is 144 Å². The average molecular weight is 335 g/mol. The molecule has 4 heteroatoms. The van der Waals surface area contributed by atoms with E-state index in [0.29, 0.717) is 5.91 Å². The van der Waals surface area contributed by atoms with Crippen molar-refractivity contribution in [2.45, 2.75) is 51.6 Å². The third-order valence-corrected chi connectivity index (χ3v) is 5.64. The van der Waals surface area contributed by atoms with Crippen LogP contribution in [0.4, 0.5) is 0 Å². The Morgan fingerprint density at radius 1 is 1.17 bits per heavy atom. The normalized spacial score (nSPS) is 25.5. The molecule has 2 aliphatic rings. The predicted molar refractivity (Wildman–Crippen MR) is 94.5 cm³/mol. The molecule has 1 amide bonds. The Kier molecular flexibility index (Phi) is 4.98. The van der Waals surface area contributed by atoms with Crippen LogP contribution in [0.2, 0.25) is 5.02 Å². The molecule has 23 heavy (non-hydrogen) atoms. The fourth-order valence-corrected chi connectivity index (χ4v) is 4.31. The van der Waals surface area contributed by atoms with Gasteiger partial charge in [-0.3, -0.25) is 9.69 Å². The number of halogens is 1. The maximum absolute atomic E-state index is 12.4. The van der Waals surface area contributed by atoms with Gasteiger partial charge in [-0.2, -0.15) is 0 Å². The average Bonchev–Trinajstić information content (AvgIpc) is 2.90. The number of rotatable bonds is 3. The monoisotopic (exact) mass is 334 g/mol. The first-order chi connectivity index (χ1) is 11.0. The highest BCUT2D eigenvalue weighted by molar-refractivity contribution is 6.30. The molecule has 2 aliphatic heterocycles. The zero-order chi connectivity index (χ0) is 16.4. The van der Waals surface area contributed by atoms with Crippen LogP contribution in [0.5, 0.6) is 0 Å². The number of amides is 1. The zero-order valence-electron chi connectivity index (χ0n) is 14.2. The topological polar surface area (TPSA) is 23.6 Å². The van der Waals surface area contributed by atoms with Crippen LogP contribution in [0, 0.1) is 5.92 Å². The second-order valence-corrected chi connectivity index (χ2v) is 7.83. The predicted octanol–water partition coefficient (Wildman–Crippen LogP) is 3.95. The third kappa shape index (κ3) is 3.56. The summed E-state index contributed by atoms with van der Waals surface area (Å²) in [5.41, 5.74) is 1.49. The first kappa shape index (κ1) is 16.8. The van der Waals surface area contributed by atoms with Crippen LogP contribution < -0.4 is 0 Å². The minimum atomic E-state index is 0.0938. The van der Waals surface area contributed by atoms with Gasteiger partial charge >= 0.3 is 0 Å². The van der Waals surface area contributed by atoms with Crippen molar-refractivity contribution in [3.05, 3.63) is 34.9 Å². The van der Waals surface area contributed by atoms with Gasteiger partial charge in [0.15, 0.2) is 0 Å². The summed E-state index contributed by atoms with van der Waals surface area (Å²) in [6, 6.07) is 8.17. The number of piperidine rings is 1. The van der Waals surface area contributed by atoms with Crippen molar-refractivity contribution in [2.24, 2.45) is 5.92 Å². The molecule has 3 rings (SSSR count). The number of carbonyl (C=O) groups excluding carboxylic acids is 1. The van der Waals surface area contributed by atoms with Crippen LogP contribution in [0.1, 0.15) is 45.1 Å².